The van der Waals surface area contributed by atoms with Crippen molar-refractivity contribution < 1.29 is 10.1 Å². The van der Waals surface area contributed by atoms with Crippen molar-refractivity contribution in [2.24, 2.45) is 9.98 Å². The maximum absolute atomic E-state index is 9.99. The summed E-state index contributed by atoms with van der Waals surface area (Å²) >= 11 is 0. The van der Waals surface area contributed by atoms with Crippen LogP contribution in [-0.4, -0.2) is 30.9 Å². The minimum Gasteiger partial charge on any atom is -0.378 e. The molecule has 1 unspecified atom stereocenters. The Morgan fingerprint density at radius 1 is 0.786 bits per heavy atom. The molecule has 0 aromatic heterocycles. The Balaban J connectivity index is 1.86. The van der Waals surface area contributed by atoms with Gasteiger partial charge in [-0.2, -0.15) is 4.89 Å². The first-order chi connectivity index (χ1) is 13.6. The number of rotatable bonds is 5. The molecule has 4 rings (SSSR count). The second kappa shape index (κ2) is 7.38. The van der Waals surface area contributed by atoms with Crippen LogP contribution in [0.25, 0.3) is 0 Å². The molecule has 0 aliphatic carbocycles. The lowest BCUT2D eigenvalue weighted by Crippen LogP contribution is -2.34. The maximum Gasteiger partial charge on any atom is 0.262 e. The van der Waals surface area contributed by atoms with Gasteiger partial charge in [0.2, 0.25) is 0 Å². The van der Waals surface area contributed by atoms with E-state index in [1.165, 1.54) is 0 Å². The van der Waals surface area contributed by atoms with E-state index < -0.39 is 5.72 Å². The summed E-state index contributed by atoms with van der Waals surface area (Å²) < 4.78 is 0. The van der Waals surface area contributed by atoms with Crippen molar-refractivity contribution in [3.63, 3.8) is 0 Å². The van der Waals surface area contributed by atoms with E-state index in [1.54, 1.807) is 0 Å². The molecule has 0 fully saturated rings. The highest BCUT2D eigenvalue weighted by Crippen LogP contribution is 2.36. The fourth-order valence-corrected chi connectivity index (χ4v) is 3.28. The average molecular weight is 371 g/mol. The summed E-state index contributed by atoms with van der Waals surface area (Å²) in [6, 6.07) is 27.0. The Bertz CT molecular complexity index is 1010. The number of benzene rings is 3. The zero-order valence-electron chi connectivity index (χ0n) is 15.8. The molecule has 5 nitrogen and oxygen atoms in total. The quantitative estimate of drug-likeness (QED) is 0.536. The number of nitrogens with zero attached hydrogens (tertiary/aromatic N) is 3. The van der Waals surface area contributed by atoms with Crippen LogP contribution in [0.3, 0.4) is 0 Å². The van der Waals surface area contributed by atoms with E-state index in [-0.39, 0.29) is 0 Å². The van der Waals surface area contributed by atoms with E-state index in [1.807, 2.05) is 104 Å². The third-order valence-corrected chi connectivity index (χ3v) is 4.79. The summed E-state index contributed by atoms with van der Waals surface area (Å²) in [4.78, 5) is 16.6. The van der Waals surface area contributed by atoms with Crippen molar-refractivity contribution in [3.05, 3.63) is 102 Å². The van der Waals surface area contributed by atoms with Gasteiger partial charge in [-0.3, -0.25) is 0 Å². The lowest BCUT2D eigenvalue weighted by atomic mass is 9.93. The standard InChI is InChI=1S/C23H21N3O2/c1-26(2)20-15-13-18(14-16-20)22-24-21(17-9-5-3-6-10-17)23(25-22,28-27)19-11-7-4-8-12-19/h3-16,27H,1-2H3. The van der Waals surface area contributed by atoms with Gasteiger partial charge >= 0.3 is 0 Å². The second-order valence-corrected chi connectivity index (χ2v) is 6.80. The molecule has 28 heavy (non-hydrogen) atoms. The molecule has 0 amide bonds. The molecule has 0 saturated carbocycles. The second-order valence-electron chi connectivity index (χ2n) is 6.80. The first kappa shape index (κ1) is 18.1. The predicted octanol–water partition coefficient (Wildman–Crippen LogP) is 4.34. The summed E-state index contributed by atoms with van der Waals surface area (Å²) in [7, 11) is 3.99. The maximum atomic E-state index is 9.99. The Morgan fingerprint density at radius 3 is 1.96 bits per heavy atom. The van der Waals surface area contributed by atoms with E-state index in [0.29, 0.717) is 17.1 Å². The van der Waals surface area contributed by atoms with Gasteiger partial charge in [-0.15, -0.1) is 0 Å². The zero-order valence-corrected chi connectivity index (χ0v) is 15.8. The smallest absolute Gasteiger partial charge is 0.262 e. The summed E-state index contributed by atoms with van der Waals surface area (Å²) in [5, 5.41) is 9.99. The van der Waals surface area contributed by atoms with E-state index in [0.717, 1.165) is 16.8 Å². The number of hydrogen-bond donors (Lipinski definition) is 1. The van der Waals surface area contributed by atoms with Gasteiger partial charge in [0.25, 0.3) is 5.72 Å². The molecule has 1 atom stereocenters. The molecule has 1 heterocycles. The molecular formula is C23H21N3O2. The Morgan fingerprint density at radius 2 is 1.39 bits per heavy atom. The number of anilines is 1. The summed E-state index contributed by atoms with van der Waals surface area (Å²) in [6.07, 6.45) is 0. The molecule has 1 N–H and O–H groups in total. The van der Waals surface area contributed by atoms with Gasteiger partial charge < -0.3 is 4.90 Å². The minimum atomic E-state index is -1.40. The SMILES string of the molecule is CN(C)c1ccc(C2=NC(OO)(c3ccccc3)C(c3ccccc3)=N2)cc1. The third kappa shape index (κ3) is 3.11. The molecule has 0 radical (unpaired) electrons. The van der Waals surface area contributed by atoms with Crippen LogP contribution < -0.4 is 4.90 Å². The van der Waals surface area contributed by atoms with Crippen molar-refractivity contribution in [1.82, 2.24) is 0 Å². The largest absolute Gasteiger partial charge is 0.378 e. The Kier molecular flexibility index (Phi) is 4.77. The first-order valence-electron chi connectivity index (χ1n) is 9.04. The summed E-state index contributed by atoms with van der Waals surface area (Å²) in [6.45, 7) is 0. The normalized spacial score (nSPS) is 18.5. The van der Waals surface area contributed by atoms with Crippen LogP contribution in [-0.2, 0) is 10.6 Å². The van der Waals surface area contributed by atoms with Crippen molar-refractivity contribution in [3.8, 4) is 0 Å². The molecule has 0 bridgehead atoms. The van der Waals surface area contributed by atoms with E-state index in [4.69, 9.17) is 14.9 Å². The predicted molar refractivity (Wildman–Crippen MR) is 112 cm³/mol. The van der Waals surface area contributed by atoms with Gasteiger partial charge in [-0.25, -0.2) is 15.2 Å². The molecular weight excluding hydrogens is 350 g/mol. The summed E-state index contributed by atoms with van der Waals surface area (Å²) in [5.74, 6) is 0.516. The fourth-order valence-electron chi connectivity index (χ4n) is 3.28. The van der Waals surface area contributed by atoms with Crippen molar-refractivity contribution >= 4 is 17.2 Å². The highest BCUT2D eigenvalue weighted by Gasteiger charge is 2.45. The molecule has 0 spiro atoms. The Hall–Kier alpha value is -3.28. The lowest BCUT2D eigenvalue weighted by Gasteiger charge is -2.24. The van der Waals surface area contributed by atoms with Crippen molar-refractivity contribution in [1.29, 1.82) is 0 Å². The van der Waals surface area contributed by atoms with Gasteiger partial charge in [0, 0.05) is 36.5 Å². The van der Waals surface area contributed by atoms with E-state index in [9.17, 15) is 5.26 Å². The highest BCUT2D eigenvalue weighted by atomic mass is 17.1. The molecule has 1 aliphatic rings. The highest BCUT2D eigenvalue weighted by molar-refractivity contribution is 6.20. The number of aliphatic imine (C=N–C) groups is 2. The monoisotopic (exact) mass is 371 g/mol. The first-order valence-corrected chi connectivity index (χ1v) is 9.04. The Labute approximate surface area is 164 Å². The van der Waals surface area contributed by atoms with Gasteiger partial charge in [0.1, 0.15) is 5.71 Å². The van der Waals surface area contributed by atoms with E-state index >= 15 is 0 Å². The summed E-state index contributed by atoms with van der Waals surface area (Å²) in [5.41, 5.74) is 2.63. The van der Waals surface area contributed by atoms with Crippen LogP contribution in [0.2, 0.25) is 0 Å². The topological polar surface area (TPSA) is 57.4 Å². The number of amidine groups is 1. The molecule has 3 aromatic carbocycles. The van der Waals surface area contributed by atoms with Crippen LogP contribution in [0, 0.1) is 0 Å². The van der Waals surface area contributed by atoms with Crippen LogP contribution >= 0.6 is 0 Å². The minimum absolute atomic E-state index is 0.516. The van der Waals surface area contributed by atoms with Crippen LogP contribution in [0.5, 0.6) is 0 Å². The van der Waals surface area contributed by atoms with Gasteiger partial charge in [0.15, 0.2) is 5.84 Å². The van der Waals surface area contributed by atoms with Gasteiger partial charge in [-0.1, -0.05) is 60.7 Å². The lowest BCUT2D eigenvalue weighted by molar-refractivity contribution is -0.302. The molecule has 5 heteroatoms. The van der Waals surface area contributed by atoms with Crippen molar-refractivity contribution in [2.75, 3.05) is 19.0 Å². The fraction of sp³-hybridized carbons (Fsp3) is 0.130. The average Bonchev–Trinajstić information content (AvgIpc) is 3.16. The zero-order chi connectivity index (χ0) is 19.6. The van der Waals surface area contributed by atoms with E-state index in [2.05, 4.69) is 0 Å². The van der Waals surface area contributed by atoms with Crippen molar-refractivity contribution in [2.45, 2.75) is 5.72 Å². The van der Waals surface area contributed by atoms with Gasteiger partial charge in [0.05, 0.1) is 0 Å². The molecule has 140 valence electrons. The molecule has 3 aromatic rings. The number of hydrogen-bond acceptors (Lipinski definition) is 5. The van der Waals surface area contributed by atoms with Gasteiger partial charge in [-0.05, 0) is 24.3 Å². The molecule has 1 aliphatic heterocycles. The third-order valence-electron chi connectivity index (χ3n) is 4.79. The van der Waals surface area contributed by atoms with Crippen LogP contribution in [0.4, 0.5) is 5.69 Å². The van der Waals surface area contributed by atoms with Crippen LogP contribution in [0.15, 0.2) is 94.9 Å². The van der Waals surface area contributed by atoms with Crippen LogP contribution in [0.1, 0.15) is 16.7 Å². The molecule has 0 saturated heterocycles.